The van der Waals surface area contributed by atoms with Gasteiger partial charge in [-0.25, -0.2) is 4.79 Å². The van der Waals surface area contributed by atoms with Crippen LogP contribution in [-0.4, -0.2) is 91.4 Å². The van der Waals surface area contributed by atoms with Gasteiger partial charge >= 0.3 is 6.03 Å². The van der Waals surface area contributed by atoms with Crippen molar-refractivity contribution in [3.63, 3.8) is 0 Å². The number of amides is 2. The maximum absolute atomic E-state index is 11.9. The first-order valence-electron chi connectivity index (χ1n) is 9.53. The van der Waals surface area contributed by atoms with Gasteiger partial charge in [-0.1, -0.05) is 11.8 Å². The lowest BCUT2D eigenvalue weighted by Gasteiger charge is -2.19. The molecule has 1 aliphatic carbocycles. The number of carbonyl (C=O) groups is 1. The fourth-order valence-corrected chi connectivity index (χ4v) is 2.32. The van der Waals surface area contributed by atoms with Crippen LogP contribution in [0.15, 0.2) is 29.7 Å². The summed E-state index contributed by atoms with van der Waals surface area (Å²) in [5.74, 6) is 0. The third kappa shape index (κ3) is 11.2. The zero-order valence-electron chi connectivity index (χ0n) is 16.2. The number of urea groups is 1. The summed E-state index contributed by atoms with van der Waals surface area (Å²) < 4.78 is 33.1. The van der Waals surface area contributed by atoms with Gasteiger partial charge in [-0.2, -0.15) is 0 Å². The zero-order chi connectivity index (χ0) is 19.7. The second kappa shape index (κ2) is 15.2. The average Bonchev–Trinajstić information content (AvgIpc) is 3.20. The van der Waals surface area contributed by atoms with E-state index in [1.165, 1.54) is 0 Å². The van der Waals surface area contributed by atoms with Crippen LogP contribution in [0.4, 0.5) is 4.79 Å². The topological polar surface area (TPSA) is 96.5 Å². The van der Waals surface area contributed by atoms with E-state index in [2.05, 4.69) is 16.4 Å². The molecule has 0 radical (unpaired) electrons. The molecule has 1 heterocycles. The lowest BCUT2D eigenvalue weighted by Crippen LogP contribution is -2.41. The first kappa shape index (κ1) is 22.6. The Morgan fingerprint density at radius 3 is 2.04 bits per heavy atom. The van der Waals surface area contributed by atoms with Crippen molar-refractivity contribution in [1.82, 2.24) is 10.6 Å². The summed E-state index contributed by atoms with van der Waals surface area (Å²) in [5.41, 5.74) is 3.53. The molecule has 2 rings (SSSR count). The highest BCUT2D eigenvalue weighted by Gasteiger charge is 2.12. The standard InChI is InChI=1S/C19H30N2O7/c22-19(21-17-3-1-2-4-17)20-15-18-16-27-12-11-25-8-7-23-5-6-24-9-10-26-13-14-28-18/h1-3,18H,5-16H2,(H2,20,21,22). The zero-order valence-corrected chi connectivity index (χ0v) is 16.2. The largest absolute Gasteiger partial charge is 0.377 e. The van der Waals surface area contributed by atoms with Gasteiger partial charge in [-0.05, 0) is 12.2 Å². The normalized spacial score (nSPS) is 23.4. The molecule has 0 spiro atoms. The van der Waals surface area contributed by atoms with Crippen molar-refractivity contribution >= 4 is 6.03 Å². The van der Waals surface area contributed by atoms with Crippen LogP contribution in [0.5, 0.6) is 0 Å². The summed E-state index contributed by atoms with van der Waals surface area (Å²) in [5, 5.41) is 5.47. The van der Waals surface area contributed by atoms with Gasteiger partial charge in [0, 0.05) is 6.54 Å². The fourth-order valence-electron chi connectivity index (χ4n) is 2.32. The molecule has 9 nitrogen and oxygen atoms in total. The summed E-state index contributed by atoms with van der Waals surface area (Å²) in [6.45, 7) is 5.48. The molecule has 0 bridgehead atoms. The van der Waals surface area contributed by atoms with E-state index in [-0.39, 0.29) is 12.1 Å². The highest BCUT2D eigenvalue weighted by atomic mass is 16.6. The molecule has 28 heavy (non-hydrogen) atoms. The molecule has 1 aliphatic heterocycles. The molecule has 0 aromatic rings. The predicted octanol–water partition coefficient (Wildman–Crippen LogP) is 0.376. The van der Waals surface area contributed by atoms with E-state index in [1.54, 1.807) is 18.2 Å². The van der Waals surface area contributed by atoms with E-state index in [0.717, 1.165) is 0 Å². The van der Waals surface area contributed by atoms with Crippen LogP contribution < -0.4 is 10.6 Å². The maximum atomic E-state index is 11.9. The summed E-state index contributed by atoms with van der Waals surface area (Å²) in [4.78, 5) is 11.9. The van der Waals surface area contributed by atoms with Crippen LogP contribution in [0.25, 0.3) is 0 Å². The van der Waals surface area contributed by atoms with Gasteiger partial charge in [-0.3, -0.25) is 0 Å². The highest BCUT2D eigenvalue weighted by Crippen LogP contribution is 1.98. The van der Waals surface area contributed by atoms with Crippen molar-refractivity contribution < 1.29 is 33.2 Å². The summed E-state index contributed by atoms with van der Waals surface area (Å²) >= 11 is 0. The van der Waals surface area contributed by atoms with E-state index in [4.69, 9.17) is 28.4 Å². The molecule has 2 N–H and O–H groups in total. The van der Waals surface area contributed by atoms with Gasteiger partial charge < -0.3 is 39.1 Å². The van der Waals surface area contributed by atoms with Gasteiger partial charge in [0.1, 0.15) is 0 Å². The minimum atomic E-state index is -0.317. The van der Waals surface area contributed by atoms with Crippen LogP contribution >= 0.6 is 0 Å². The number of hydrogen-bond acceptors (Lipinski definition) is 7. The van der Waals surface area contributed by atoms with Crippen LogP contribution in [0.3, 0.4) is 0 Å². The Hall–Kier alpha value is -1.71. The Labute approximate surface area is 165 Å². The molecule has 2 aliphatic rings. The average molecular weight is 398 g/mol. The fraction of sp³-hybridized carbons (Fsp3) is 0.684. The van der Waals surface area contributed by atoms with Gasteiger partial charge in [-0.15, -0.1) is 0 Å². The van der Waals surface area contributed by atoms with Gasteiger partial charge in [0.2, 0.25) is 0 Å². The summed E-state index contributed by atoms with van der Waals surface area (Å²) in [6.07, 6.45) is 5.01. The molecule has 1 saturated heterocycles. The maximum Gasteiger partial charge on any atom is 0.319 e. The lowest BCUT2D eigenvalue weighted by atomic mass is 10.3. The third-order valence-corrected chi connectivity index (χ3v) is 3.71. The second-order valence-corrected chi connectivity index (χ2v) is 5.94. The quantitative estimate of drug-likeness (QED) is 0.664. The Kier molecular flexibility index (Phi) is 12.3. The van der Waals surface area contributed by atoms with Crippen LogP contribution in [0, 0.1) is 0 Å². The molecule has 1 unspecified atom stereocenters. The van der Waals surface area contributed by atoms with E-state index in [1.807, 2.05) is 0 Å². The lowest BCUT2D eigenvalue weighted by molar-refractivity contribution is -0.0588. The Balaban J connectivity index is 1.68. The van der Waals surface area contributed by atoms with E-state index in [0.29, 0.717) is 84.9 Å². The second-order valence-electron chi connectivity index (χ2n) is 5.94. The predicted molar refractivity (Wildman–Crippen MR) is 101 cm³/mol. The molecule has 0 aromatic carbocycles. The Morgan fingerprint density at radius 2 is 1.46 bits per heavy atom. The Morgan fingerprint density at radius 1 is 0.893 bits per heavy atom. The van der Waals surface area contributed by atoms with Crippen LogP contribution in [0.2, 0.25) is 0 Å². The molecule has 1 fully saturated rings. The molecule has 0 aromatic heterocycles. The molecule has 9 heteroatoms. The van der Waals surface area contributed by atoms with E-state index < -0.39 is 0 Å². The number of ether oxygens (including phenoxy) is 6. The summed E-state index contributed by atoms with van der Waals surface area (Å²) in [7, 11) is 0. The smallest absolute Gasteiger partial charge is 0.319 e. The SMILES string of the molecule is O=C(NCC1COCCOCCOCCOCCOCCO1)NC1=C=CC=C1. The van der Waals surface area contributed by atoms with Crippen molar-refractivity contribution in [2.45, 2.75) is 6.10 Å². The summed E-state index contributed by atoms with van der Waals surface area (Å²) in [6, 6.07) is -0.317. The van der Waals surface area contributed by atoms with Gasteiger partial charge in [0.05, 0.1) is 84.5 Å². The van der Waals surface area contributed by atoms with Crippen LogP contribution in [0.1, 0.15) is 0 Å². The van der Waals surface area contributed by atoms with Crippen molar-refractivity contribution in [1.29, 1.82) is 0 Å². The first-order chi connectivity index (χ1) is 13.8. The van der Waals surface area contributed by atoms with Gasteiger partial charge in [0.15, 0.2) is 0 Å². The van der Waals surface area contributed by atoms with Gasteiger partial charge in [0.25, 0.3) is 0 Å². The third-order valence-electron chi connectivity index (χ3n) is 3.71. The number of allylic oxidation sites excluding steroid dienone is 2. The van der Waals surface area contributed by atoms with Crippen molar-refractivity contribution in [2.24, 2.45) is 0 Å². The number of nitrogens with one attached hydrogen (secondary N) is 2. The minimum absolute atomic E-state index is 0.295. The molecule has 0 saturated carbocycles. The molecule has 2 amide bonds. The van der Waals surface area contributed by atoms with Crippen molar-refractivity contribution in [3.8, 4) is 0 Å². The van der Waals surface area contributed by atoms with Crippen LogP contribution in [-0.2, 0) is 28.4 Å². The minimum Gasteiger partial charge on any atom is -0.377 e. The monoisotopic (exact) mass is 398 g/mol. The van der Waals surface area contributed by atoms with Crippen molar-refractivity contribution in [3.05, 3.63) is 29.7 Å². The molecule has 158 valence electrons. The highest BCUT2D eigenvalue weighted by molar-refractivity contribution is 5.76. The first-order valence-corrected chi connectivity index (χ1v) is 9.53. The number of hydrogen-bond donors (Lipinski definition) is 2. The Bertz CT molecular complexity index is 514. The number of carbonyl (C=O) groups excluding carboxylic acids is 1. The van der Waals surface area contributed by atoms with Crippen molar-refractivity contribution in [2.75, 3.05) is 79.2 Å². The molecular formula is C19H30N2O7. The molecular weight excluding hydrogens is 368 g/mol. The van der Waals surface area contributed by atoms with E-state index in [9.17, 15) is 4.79 Å². The molecule has 1 atom stereocenters. The van der Waals surface area contributed by atoms with E-state index >= 15 is 0 Å². The number of rotatable bonds is 3.